The van der Waals surface area contributed by atoms with E-state index in [1.807, 2.05) is 0 Å². The lowest BCUT2D eigenvalue weighted by Gasteiger charge is -2.11. The molecule has 1 amide bonds. The highest BCUT2D eigenvalue weighted by atomic mass is 32.1. The number of nitrogens with one attached hydrogen (secondary N) is 3. The van der Waals surface area contributed by atoms with Gasteiger partial charge in [0.15, 0.2) is 16.6 Å². The zero-order valence-electron chi connectivity index (χ0n) is 14.2. The monoisotopic (exact) mass is 375 g/mol. The van der Waals surface area contributed by atoms with E-state index in [-0.39, 0.29) is 10.9 Å². The molecule has 0 radical (unpaired) electrons. The molecule has 136 valence electrons. The van der Waals surface area contributed by atoms with Crippen molar-refractivity contribution in [3.63, 3.8) is 0 Å². The van der Waals surface area contributed by atoms with Crippen LogP contribution in [0.5, 0.6) is 11.5 Å². The van der Waals surface area contributed by atoms with Crippen molar-refractivity contribution in [1.29, 1.82) is 0 Å². The van der Waals surface area contributed by atoms with Crippen LogP contribution in [0.2, 0.25) is 0 Å². The predicted octanol–water partition coefficient (Wildman–Crippen LogP) is 2.87. The third-order valence-electron chi connectivity index (χ3n) is 3.25. The fourth-order valence-electron chi connectivity index (χ4n) is 2.06. The number of hydrogen-bond donors (Lipinski definition) is 3. The van der Waals surface area contributed by atoms with E-state index in [0.29, 0.717) is 22.7 Å². The molecular weight excluding hydrogens is 357 g/mol. The molecule has 0 unspecified atom stereocenters. The standard InChI is InChI=1S/C18H18FN3O3S/c1-24-15-5-3-4-12(17(15)25-2)6-11-16(23)21-22-18(26)20-14-9-7-13(19)8-10-14/h3-11H,1-2H3,(H,21,23)(H2,20,22,26)/b11-6+. The van der Waals surface area contributed by atoms with Crippen LogP contribution in [0.15, 0.2) is 48.5 Å². The number of ether oxygens (including phenoxy) is 2. The van der Waals surface area contributed by atoms with Crippen molar-refractivity contribution < 1.29 is 18.7 Å². The van der Waals surface area contributed by atoms with Gasteiger partial charge in [-0.1, -0.05) is 12.1 Å². The van der Waals surface area contributed by atoms with Crippen molar-refractivity contribution in [1.82, 2.24) is 10.9 Å². The zero-order valence-corrected chi connectivity index (χ0v) is 15.0. The van der Waals surface area contributed by atoms with Crippen LogP contribution in [0.4, 0.5) is 10.1 Å². The Hall–Kier alpha value is -3.13. The van der Waals surface area contributed by atoms with E-state index >= 15 is 0 Å². The van der Waals surface area contributed by atoms with Crippen LogP contribution in [-0.4, -0.2) is 25.2 Å². The Labute approximate surface area is 156 Å². The maximum atomic E-state index is 12.8. The van der Waals surface area contributed by atoms with Crippen molar-refractivity contribution in [2.24, 2.45) is 0 Å². The molecule has 0 aliphatic heterocycles. The van der Waals surface area contributed by atoms with Crippen molar-refractivity contribution in [2.45, 2.75) is 0 Å². The van der Waals surface area contributed by atoms with Crippen LogP contribution >= 0.6 is 12.2 Å². The molecule has 0 fully saturated rings. The number of carbonyl (C=O) groups is 1. The Kier molecular flexibility index (Phi) is 6.92. The van der Waals surface area contributed by atoms with E-state index in [9.17, 15) is 9.18 Å². The summed E-state index contributed by atoms with van der Waals surface area (Å²) in [7, 11) is 3.06. The summed E-state index contributed by atoms with van der Waals surface area (Å²) in [5.74, 6) is 0.331. The van der Waals surface area contributed by atoms with Gasteiger partial charge in [0.1, 0.15) is 5.82 Å². The number of carbonyl (C=O) groups excluding carboxylic acids is 1. The van der Waals surface area contributed by atoms with Crippen LogP contribution in [0.1, 0.15) is 5.56 Å². The summed E-state index contributed by atoms with van der Waals surface area (Å²) < 4.78 is 23.3. The molecule has 0 bridgehead atoms. The average Bonchev–Trinajstić information content (AvgIpc) is 2.66. The van der Waals surface area contributed by atoms with Gasteiger partial charge >= 0.3 is 0 Å². The molecule has 2 aromatic carbocycles. The molecule has 2 rings (SSSR count). The van der Waals surface area contributed by atoms with Crippen LogP contribution < -0.4 is 25.6 Å². The number of rotatable bonds is 5. The van der Waals surface area contributed by atoms with Gasteiger partial charge in [-0.05, 0) is 48.6 Å². The molecule has 0 saturated carbocycles. The first-order valence-corrected chi connectivity index (χ1v) is 7.96. The molecular formula is C18H18FN3O3S. The smallest absolute Gasteiger partial charge is 0.262 e. The second-order valence-electron chi connectivity index (χ2n) is 4.99. The van der Waals surface area contributed by atoms with E-state index in [2.05, 4.69) is 16.2 Å². The largest absolute Gasteiger partial charge is 0.493 e. The third-order valence-corrected chi connectivity index (χ3v) is 3.45. The lowest BCUT2D eigenvalue weighted by atomic mass is 10.1. The van der Waals surface area contributed by atoms with Gasteiger partial charge in [0, 0.05) is 17.3 Å². The predicted molar refractivity (Wildman–Crippen MR) is 102 cm³/mol. The topological polar surface area (TPSA) is 71.6 Å². The van der Waals surface area contributed by atoms with E-state index in [0.717, 1.165) is 0 Å². The first kappa shape index (κ1) is 19.2. The molecule has 6 nitrogen and oxygen atoms in total. The van der Waals surface area contributed by atoms with E-state index in [1.165, 1.54) is 44.6 Å². The molecule has 3 N–H and O–H groups in total. The maximum Gasteiger partial charge on any atom is 0.262 e. The van der Waals surface area contributed by atoms with Gasteiger partial charge in [-0.25, -0.2) is 4.39 Å². The fourth-order valence-corrected chi connectivity index (χ4v) is 2.23. The second-order valence-corrected chi connectivity index (χ2v) is 5.40. The number of amides is 1. The molecule has 26 heavy (non-hydrogen) atoms. The van der Waals surface area contributed by atoms with Crippen molar-refractivity contribution in [3.05, 3.63) is 59.9 Å². The summed E-state index contributed by atoms with van der Waals surface area (Å²) in [6.07, 6.45) is 2.92. The molecule has 0 aliphatic rings. The van der Waals surface area contributed by atoms with Gasteiger partial charge in [-0.15, -0.1) is 0 Å². The molecule has 0 spiro atoms. The summed E-state index contributed by atoms with van der Waals surface area (Å²) in [6.45, 7) is 0. The van der Waals surface area contributed by atoms with Gasteiger partial charge in [0.25, 0.3) is 5.91 Å². The number of para-hydroxylation sites is 1. The number of hydrazine groups is 1. The second kappa shape index (κ2) is 9.38. The Morgan fingerprint density at radius 3 is 2.46 bits per heavy atom. The summed E-state index contributed by atoms with van der Waals surface area (Å²) >= 11 is 5.05. The lowest BCUT2D eigenvalue weighted by molar-refractivity contribution is -0.116. The summed E-state index contributed by atoms with van der Waals surface area (Å²) in [6, 6.07) is 11.0. The van der Waals surface area contributed by atoms with E-state index in [1.54, 1.807) is 24.3 Å². The maximum absolute atomic E-state index is 12.8. The summed E-state index contributed by atoms with van der Waals surface area (Å²) in [5.41, 5.74) is 6.26. The normalized spacial score (nSPS) is 10.3. The minimum atomic E-state index is -0.418. The van der Waals surface area contributed by atoms with Crippen LogP contribution in [0.3, 0.4) is 0 Å². The Balaban J connectivity index is 1.89. The third kappa shape index (κ3) is 5.45. The van der Waals surface area contributed by atoms with Gasteiger partial charge in [-0.3, -0.25) is 15.6 Å². The number of benzene rings is 2. The Morgan fingerprint density at radius 1 is 1.08 bits per heavy atom. The minimum absolute atomic E-state index is 0.164. The summed E-state index contributed by atoms with van der Waals surface area (Å²) in [4.78, 5) is 11.9. The van der Waals surface area contributed by atoms with Gasteiger partial charge in [-0.2, -0.15) is 0 Å². The molecule has 8 heteroatoms. The quantitative estimate of drug-likeness (QED) is 0.424. The molecule has 0 atom stereocenters. The molecule has 0 aromatic heterocycles. The number of halogens is 1. The minimum Gasteiger partial charge on any atom is -0.493 e. The van der Waals surface area contributed by atoms with Gasteiger partial charge in [0.05, 0.1) is 14.2 Å². The molecule has 0 heterocycles. The van der Waals surface area contributed by atoms with E-state index in [4.69, 9.17) is 21.7 Å². The van der Waals surface area contributed by atoms with Crippen molar-refractivity contribution in [2.75, 3.05) is 19.5 Å². The van der Waals surface area contributed by atoms with Crippen LogP contribution in [-0.2, 0) is 4.79 Å². The number of anilines is 1. The number of hydrogen-bond acceptors (Lipinski definition) is 4. The highest BCUT2D eigenvalue weighted by Gasteiger charge is 2.07. The van der Waals surface area contributed by atoms with Gasteiger partial charge < -0.3 is 14.8 Å². The molecule has 2 aromatic rings. The first-order chi connectivity index (χ1) is 12.5. The fraction of sp³-hybridized carbons (Fsp3) is 0.111. The zero-order chi connectivity index (χ0) is 18.9. The van der Waals surface area contributed by atoms with Crippen molar-refractivity contribution >= 4 is 35.0 Å². The van der Waals surface area contributed by atoms with Crippen LogP contribution in [0.25, 0.3) is 6.08 Å². The summed E-state index contributed by atoms with van der Waals surface area (Å²) in [5, 5.41) is 2.97. The molecule has 0 saturated heterocycles. The highest BCUT2D eigenvalue weighted by Crippen LogP contribution is 2.31. The van der Waals surface area contributed by atoms with Crippen molar-refractivity contribution in [3.8, 4) is 11.5 Å². The van der Waals surface area contributed by atoms with E-state index < -0.39 is 5.91 Å². The first-order valence-electron chi connectivity index (χ1n) is 7.55. The Morgan fingerprint density at radius 2 is 1.81 bits per heavy atom. The molecule has 0 aliphatic carbocycles. The van der Waals surface area contributed by atoms with Gasteiger partial charge in [0.2, 0.25) is 0 Å². The number of methoxy groups -OCH3 is 2. The highest BCUT2D eigenvalue weighted by molar-refractivity contribution is 7.80. The lowest BCUT2D eigenvalue weighted by Crippen LogP contribution is -2.43. The van der Waals surface area contributed by atoms with Crippen LogP contribution in [0, 0.1) is 5.82 Å². The SMILES string of the molecule is COc1cccc(/C=C/C(=O)NNC(=S)Nc2ccc(F)cc2)c1OC. The Bertz CT molecular complexity index is 810. The average molecular weight is 375 g/mol. The number of thiocarbonyl (C=S) groups is 1.